The number of aromatic nitrogens is 1. The minimum absolute atomic E-state index is 0.0691. The zero-order valence-electron chi connectivity index (χ0n) is 21.2. The summed E-state index contributed by atoms with van der Waals surface area (Å²) in [6.45, 7) is 6.19. The molecule has 1 spiro atoms. The van der Waals surface area contributed by atoms with Gasteiger partial charge in [-0.3, -0.25) is 14.3 Å². The summed E-state index contributed by atoms with van der Waals surface area (Å²) in [6.07, 6.45) is 9.77. The van der Waals surface area contributed by atoms with E-state index in [1.54, 1.807) is 10.6 Å². The predicted molar refractivity (Wildman–Crippen MR) is 150 cm³/mol. The summed E-state index contributed by atoms with van der Waals surface area (Å²) in [5.74, 6) is 0.575. The number of nitrogens with one attached hydrogen (secondary N) is 1. The zero-order valence-corrected chi connectivity index (χ0v) is 22.0. The number of hydrogen-bond donors (Lipinski definition) is 1. The number of piperidine rings is 1. The van der Waals surface area contributed by atoms with E-state index in [9.17, 15) is 4.79 Å². The van der Waals surface area contributed by atoms with Gasteiger partial charge in [0, 0.05) is 42.6 Å². The monoisotopic (exact) mass is 515 g/mol. The van der Waals surface area contributed by atoms with Crippen LogP contribution in [-0.4, -0.2) is 35.6 Å². The van der Waals surface area contributed by atoms with Gasteiger partial charge < -0.3 is 10.1 Å². The first-order chi connectivity index (χ1) is 18.1. The van der Waals surface area contributed by atoms with E-state index in [0.29, 0.717) is 22.8 Å². The molecule has 0 saturated carbocycles. The van der Waals surface area contributed by atoms with Crippen LogP contribution in [0, 0.1) is 5.41 Å². The van der Waals surface area contributed by atoms with Gasteiger partial charge in [-0.1, -0.05) is 41.9 Å². The van der Waals surface area contributed by atoms with Crippen LogP contribution >= 0.6 is 11.6 Å². The molecule has 0 bridgehead atoms. The molecule has 192 valence electrons. The minimum atomic E-state index is -0.0691. The quantitative estimate of drug-likeness (QED) is 0.464. The van der Waals surface area contributed by atoms with Crippen molar-refractivity contribution in [2.45, 2.75) is 45.3 Å². The minimum Gasteiger partial charge on any atom is -0.489 e. The summed E-state index contributed by atoms with van der Waals surface area (Å²) in [5.41, 5.74) is 6.46. The van der Waals surface area contributed by atoms with Crippen LogP contribution in [0.15, 0.2) is 65.6 Å². The van der Waals surface area contributed by atoms with Crippen molar-refractivity contribution in [3.05, 3.63) is 98.4 Å². The van der Waals surface area contributed by atoms with Crippen LogP contribution in [0.1, 0.15) is 47.9 Å². The Morgan fingerprint density at radius 3 is 2.68 bits per heavy atom. The van der Waals surface area contributed by atoms with Crippen molar-refractivity contribution in [1.82, 2.24) is 14.8 Å². The maximum atomic E-state index is 12.9. The number of ether oxygens (including phenoxy) is 1. The Labute approximate surface area is 223 Å². The van der Waals surface area contributed by atoms with Crippen molar-refractivity contribution in [3.8, 4) is 5.75 Å². The van der Waals surface area contributed by atoms with Crippen molar-refractivity contribution in [3.63, 3.8) is 0 Å². The highest BCUT2D eigenvalue weighted by Gasteiger charge is 2.37. The number of rotatable bonds is 6. The molecule has 37 heavy (non-hydrogen) atoms. The van der Waals surface area contributed by atoms with Crippen molar-refractivity contribution in [2.75, 3.05) is 26.2 Å². The number of allylic oxidation sites excluding steroid dienone is 1. The highest BCUT2D eigenvalue weighted by atomic mass is 35.5. The maximum absolute atomic E-state index is 12.9. The van der Waals surface area contributed by atoms with Gasteiger partial charge in [-0.25, -0.2) is 0 Å². The summed E-state index contributed by atoms with van der Waals surface area (Å²) < 4.78 is 7.58. The van der Waals surface area contributed by atoms with E-state index in [1.807, 2.05) is 36.5 Å². The maximum Gasteiger partial charge on any atom is 0.258 e. The summed E-state index contributed by atoms with van der Waals surface area (Å²) >= 11 is 5.95. The molecule has 1 aliphatic carbocycles. The Morgan fingerprint density at radius 1 is 1.00 bits per heavy atom. The van der Waals surface area contributed by atoms with E-state index in [-0.39, 0.29) is 5.56 Å². The standard InChI is InChI=1S/C31H34ClN3O2/c32-27-7-3-23(4-8-27)20-37-29-10-15-35(30(36)18-29)28-9-6-25-16-24(2-5-26(25)17-28)19-34-14-1-11-31(22-34)12-13-33-21-31/h2-5,7-8,10,15-18,33H,1,6,9,11-14,19-22H2. The second kappa shape index (κ2) is 10.5. The van der Waals surface area contributed by atoms with E-state index in [0.717, 1.165) is 30.6 Å². The number of nitrogens with zero attached hydrogens (tertiary/aromatic N) is 2. The topological polar surface area (TPSA) is 46.5 Å². The summed E-state index contributed by atoms with van der Waals surface area (Å²) in [6, 6.07) is 17.8. The van der Waals surface area contributed by atoms with Crippen LogP contribution in [0.5, 0.6) is 5.75 Å². The lowest BCUT2D eigenvalue weighted by Crippen LogP contribution is -2.44. The Kier molecular flexibility index (Phi) is 6.94. The van der Waals surface area contributed by atoms with Crippen LogP contribution in [0.25, 0.3) is 11.8 Å². The van der Waals surface area contributed by atoms with Gasteiger partial charge in [-0.2, -0.15) is 0 Å². The number of likely N-dealkylation sites (tertiary alicyclic amines) is 1. The summed E-state index contributed by atoms with van der Waals surface area (Å²) in [7, 11) is 0. The smallest absolute Gasteiger partial charge is 0.258 e. The predicted octanol–water partition coefficient (Wildman–Crippen LogP) is 5.60. The molecule has 0 amide bonds. The Morgan fingerprint density at radius 2 is 1.86 bits per heavy atom. The molecule has 6 rings (SSSR count). The Balaban J connectivity index is 1.12. The van der Waals surface area contributed by atoms with E-state index >= 15 is 0 Å². The summed E-state index contributed by atoms with van der Waals surface area (Å²) in [4.78, 5) is 15.6. The third-order valence-electron chi connectivity index (χ3n) is 8.18. The first-order valence-corrected chi connectivity index (χ1v) is 13.8. The molecule has 1 N–H and O–H groups in total. The third-order valence-corrected chi connectivity index (χ3v) is 8.43. The number of halogens is 1. The van der Waals surface area contributed by atoms with Gasteiger partial charge in [0.05, 0.1) is 0 Å². The molecule has 0 radical (unpaired) electrons. The lowest BCUT2D eigenvalue weighted by Gasteiger charge is -2.40. The van der Waals surface area contributed by atoms with Gasteiger partial charge in [0.25, 0.3) is 5.56 Å². The van der Waals surface area contributed by atoms with Crippen LogP contribution in [-0.2, 0) is 19.6 Å². The molecular weight excluding hydrogens is 482 g/mol. The number of aryl methyl sites for hydroxylation is 1. The molecule has 2 aromatic carbocycles. The SMILES string of the molecule is O=c1cc(OCc2ccc(Cl)cc2)ccn1C1=Cc2ccc(CN3CCCC4(CCNC4)C3)cc2CC1. The van der Waals surface area contributed by atoms with Crippen molar-refractivity contribution in [1.29, 1.82) is 0 Å². The molecule has 1 atom stereocenters. The average molecular weight is 516 g/mol. The molecule has 6 heteroatoms. The fourth-order valence-electron chi connectivity index (χ4n) is 6.20. The van der Waals surface area contributed by atoms with E-state index in [4.69, 9.17) is 16.3 Å². The largest absolute Gasteiger partial charge is 0.489 e. The molecule has 2 fully saturated rings. The highest BCUT2D eigenvalue weighted by molar-refractivity contribution is 6.30. The zero-order chi connectivity index (χ0) is 25.2. The molecule has 2 saturated heterocycles. The third kappa shape index (κ3) is 5.54. The molecule has 1 aromatic heterocycles. The molecule has 3 heterocycles. The van der Waals surface area contributed by atoms with Crippen LogP contribution in [0.2, 0.25) is 5.02 Å². The fraction of sp³-hybridized carbons (Fsp3) is 0.387. The first kappa shape index (κ1) is 24.5. The normalized spacial score (nSPS) is 21.6. The van der Waals surface area contributed by atoms with Gasteiger partial charge in [0.2, 0.25) is 0 Å². The van der Waals surface area contributed by atoms with Gasteiger partial charge in [0.1, 0.15) is 12.4 Å². The van der Waals surface area contributed by atoms with Gasteiger partial charge >= 0.3 is 0 Å². The molecule has 2 aliphatic heterocycles. The van der Waals surface area contributed by atoms with Gasteiger partial charge in [0.15, 0.2) is 0 Å². The van der Waals surface area contributed by atoms with Crippen molar-refractivity contribution < 1.29 is 4.74 Å². The first-order valence-electron chi connectivity index (χ1n) is 13.4. The lowest BCUT2D eigenvalue weighted by atomic mass is 9.79. The number of benzene rings is 2. The van der Waals surface area contributed by atoms with Gasteiger partial charge in [-0.15, -0.1) is 0 Å². The molecule has 5 nitrogen and oxygen atoms in total. The van der Waals surface area contributed by atoms with E-state index in [2.05, 4.69) is 34.5 Å². The van der Waals surface area contributed by atoms with Gasteiger partial charge in [-0.05, 0) is 97.1 Å². The van der Waals surface area contributed by atoms with Crippen LogP contribution < -0.4 is 15.6 Å². The van der Waals surface area contributed by atoms with E-state index in [1.165, 1.54) is 62.1 Å². The Bertz CT molecular complexity index is 1360. The average Bonchev–Trinajstić information content (AvgIpc) is 3.35. The van der Waals surface area contributed by atoms with E-state index < -0.39 is 0 Å². The fourth-order valence-corrected chi connectivity index (χ4v) is 6.33. The second-order valence-electron chi connectivity index (χ2n) is 10.9. The van der Waals surface area contributed by atoms with Crippen LogP contribution in [0.3, 0.4) is 0 Å². The Hall–Kier alpha value is -2.86. The van der Waals surface area contributed by atoms with Crippen molar-refractivity contribution >= 4 is 23.4 Å². The van der Waals surface area contributed by atoms with Crippen LogP contribution in [0.4, 0.5) is 0 Å². The molecule has 3 aromatic rings. The number of fused-ring (bicyclic) bond motifs is 1. The number of hydrogen-bond acceptors (Lipinski definition) is 4. The molecular formula is C31H34ClN3O2. The highest BCUT2D eigenvalue weighted by Crippen LogP contribution is 2.36. The number of pyridine rings is 1. The van der Waals surface area contributed by atoms with Crippen molar-refractivity contribution in [2.24, 2.45) is 5.41 Å². The summed E-state index contributed by atoms with van der Waals surface area (Å²) in [5, 5.41) is 4.28. The molecule has 3 aliphatic rings. The second-order valence-corrected chi connectivity index (χ2v) is 11.3. The molecule has 1 unspecified atom stereocenters. The lowest BCUT2D eigenvalue weighted by molar-refractivity contribution is 0.0978.